The van der Waals surface area contributed by atoms with Crippen LogP contribution in [0.15, 0.2) is 0 Å². The molecular weight excluding hydrogens is 376 g/mol. The van der Waals surface area contributed by atoms with Crippen molar-refractivity contribution < 1.29 is 20.1 Å². The highest BCUT2D eigenvalue weighted by Gasteiger charge is 2.64. The molecule has 0 heterocycles. The molecule has 4 saturated carbocycles. The number of aliphatic hydroxyl groups is 2. The molecule has 11 atom stereocenters. The highest BCUT2D eigenvalue weighted by atomic mass is 16.4. The zero-order chi connectivity index (χ0) is 21.8. The second-order valence-corrected chi connectivity index (χ2v) is 12.0. The van der Waals surface area contributed by atoms with Crippen molar-refractivity contribution in [2.45, 2.75) is 104 Å². The molecule has 0 radical (unpaired) electrons. The number of aliphatic hydroxyl groups excluding tert-OH is 2. The fraction of sp³-hybridized carbons (Fsp3) is 0.962. The van der Waals surface area contributed by atoms with Crippen LogP contribution in [0.1, 0.15) is 91.9 Å². The van der Waals surface area contributed by atoms with E-state index in [0.717, 1.165) is 32.1 Å². The van der Waals surface area contributed by atoms with Crippen molar-refractivity contribution in [1.29, 1.82) is 0 Å². The largest absolute Gasteiger partial charge is 0.481 e. The smallest absolute Gasteiger partial charge is 0.303 e. The third-order valence-electron chi connectivity index (χ3n) is 11.0. The Balaban J connectivity index is 1.61. The first-order valence-corrected chi connectivity index (χ1v) is 12.7. The van der Waals surface area contributed by atoms with E-state index in [4.69, 9.17) is 5.11 Å². The van der Waals surface area contributed by atoms with Crippen molar-refractivity contribution in [3.05, 3.63) is 0 Å². The number of fused-ring (bicyclic) bond motifs is 5. The highest BCUT2D eigenvalue weighted by Crippen LogP contribution is 2.69. The van der Waals surface area contributed by atoms with E-state index in [1.165, 1.54) is 25.7 Å². The quantitative estimate of drug-likeness (QED) is 0.577. The Morgan fingerprint density at radius 2 is 1.67 bits per heavy atom. The molecular formula is C26H44O4. The average molecular weight is 421 g/mol. The van der Waals surface area contributed by atoms with Crippen LogP contribution < -0.4 is 0 Å². The summed E-state index contributed by atoms with van der Waals surface area (Å²) in [5.74, 6) is 2.58. The van der Waals surface area contributed by atoms with Gasteiger partial charge in [0.15, 0.2) is 0 Å². The second-order valence-electron chi connectivity index (χ2n) is 12.0. The number of carboxylic acid groups (broad SMARTS) is 1. The molecule has 4 aliphatic rings. The Hall–Kier alpha value is -0.610. The SMILES string of the molecule is CC[C@@H]1C2C[C@H](O)CC[C@]2(C)C2CC[C@@]3(C)C(CC[C@@H]3[C@H](C)CCC(=O)O)C2[C@@H]1O. The van der Waals surface area contributed by atoms with E-state index >= 15 is 0 Å². The van der Waals surface area contributed by atoms with Crippen LogP contribution in [0.3, 0.4) is 0 Å². The fourth-order valence-corrected chi connectivity index (χ4v) is 9.48. The van der Waals surface area contributed by atoms with E-state index < -0.39 is 5.97 Å². The minimum atomic E-state index is -0.683. The monoisotopic (exact) mass is 420 g/mol. The van der Waals surface area contributed by atoms with Crippen LogP contribution in [-0.2, 0) is 4.79 Å². The first-order valence-electron chi connectivity index (χ1n) is 12.7. The number of carbonyl (C=O) groups is 1. The molecule has 30 heavy (non-hydrogen) atoms. The summed E-state index contributed by atoms with van der Waals surface area (Å²) in [6, 6.07) is 0. The van der Waals surface area contributed by atoms with Gasteiger partial charge in [0.25, 0.3) is 0 Å². The minimum absolute atomic E-state index is 0.194. The number of hydrogen-bond donors (Lipinski definition) is 3. The predicted octanol–water partition coefficient (Wildman–Crippen LogP) is 5.11. The molecule has 4 unspecified atom stereocenters. The summed E-state index contributed by atoms with van der Waals surface area (Å²) in [5.41, 5.74) is 0.480. The summed E-state index contributed by atoms with van der Waals surface area (Å²) in [6.45, 7) is 9.44. The lowest BCUT2D eigenvalue weighted by atomic mass is 9.41. The Morgan fingerprint density at radius 1 is 1.00 bits per heavy atom. The van der Waals surface area contributed by atoms with Crippen LogP contribution in [-0.4, -0.2) is 33.5 Å². The number of rotatable bonds is 5. The van der Waals surface area contributed by atoms with Gasteiger partial charge in [0.2, 0.25) is 0 Å². The third-order valence-corrected chi connectivity index (χ3v) is 11.0. The van der Waals surface area contributed by atoms with Gasteiger partial charge in [0.1, 0.15) is 0 Å². The molecule has 0 aliphatic heterocycles. The molecule has 0 amide bonds. The van der Waals surface area contributed by atoms with Crippen LogP contribution in [0.2, 0.25) is 0 Å². The molecule has 0 aromatic heterocycles. The number of hydrogen-bond acceptors (Lipinski definition) is 3. The molecule has 3 N–H and O–H groups in total. The van der Waals surface area contributed by atoms with Gasteiger partial charge in [-0.05, 0) is 104 Å². The Bertz CT molecular complexity index is 649. The van der Waals surface area contributed by atoms with Crippen LogP contribution in [0, 0.1) is 52.3 Å². The lowest BCUT2D eigenvalue weighted by Gasteiger charge is -2.64. The van der Waals surface area contributed by atoms with E-state index in [0.29, 0.717) is 41.4 Å². The van der Waals surface area contributed by atoms with Crippen molar-refractivity contribution in [2.24, 2.45) is 52.3 Å². The van der Waals surface area contributed by atoms with Gasteiger partial charge < -0.3 is 15.3 Å². The van der Waals surface area contributed by atoms with Gasteiger partial charge in [-0.3, -0.25) is 4.79 Å². The standard InChI is InChI=1S/C26H44O4/c1-5-17-21-14-16(27)10-12-26(21,4)20-11-13-25(3)18(15(2)6-9-22(28)29)7-8-19(25)23(20)24(17)30/h15-21,23-24,27,30H,5-14H2,1-4H3,(H,28,29)/t15-,16-,17-,18-,19?,20?,21?,23?,24-,25-,26-/m1/s1. The Kier molecular flexibility index (Phi) is 6.07. The van der Waals surface area contributed by atoms with Gasteiger partial charge in [-0.2, -0.15) is 0 Å². The van der Waals surface area contributed by atoms with Crippen molar-refractivity contribution in [3.63, 3.8) is 0 Å². The molecule has 4 rings (SSSR count). The van der Waals surface area contributed by atoms with Gasteiger partial charge in [-0.25, -0.2) is 0 Å². The summed E-state index contributed by atoms with van der Waals surface area (Å²) in [5, 5.41) is 31.3. The summed E-state index contributed by atoms with van der Waals surface area (Å²) < 4.78 is 0. The van der Waals surface area contributed by atoms with Crippen molar-refractivity contribution in [2.75, 3.05) is 0 Å². The van der Waals surface area contributed by atoms with Crippen LogP contribution in [0.25, 0.3) is 0 Å². The average Bonchev–Trinajstić information content (AvgIpc) is 3.05. The van der Waals surface area contributed by atoms with Crippen molar-refractivity contribution in [3.8, 4) is 0 Å². The second kappa shape index (κ2) is 8.06. The van der Waals surface area contributed by atoms with E-state index in [2.05, 4.69) is 27.7 Å². The first kappa shape index (κ1) is 22.6. The Morgan fingerprint density at radius 3 is 2.33 bits per heavy atom. The minimum Gasteiger partial charge on any atom is -0.481 e. The van der Waals surface area contributed by atoms with E-state index in [-0.39, 0.29) is 29.5 Å². The molecule has 0 bridgehead atoms. The van der Waals surface area contributed by atoms with Gasteiger partial charge in [-0.1, -0.05) is 34.1 Å². The molecule has 0 aromatic carbocycles. The van der Waals surface area contributed by atoms with Gasteiger partial charge in [0, 0.05) is 6.42 Å². The summed E-state index contributed by atoms with van der Waals surface area (Å²) in [6.07, 6.45) is 9.27. The summed E-state index contributed by atoms with van der Waals surface area (Å²) in [7, 11) is 0. The topological polar surface area (TPSA) is 77.8 Å². The maximum atomic E-state index is 11.7. The van der Waals surface area contributed by atoms with Crippen molar-refractivity contribution in [1.82, 2.24) is 0 Å². The first-order chi connectivity index (χ1) is 14.1. The van der Waals surface area contributed by atoms with E-state index in [1.807, 2.05) is 0 Å². The molecule has 0 aromatic rings. The molecule has 4 aliphatic carbocycles. The zero-order valence-electron chi connectivity index (χ0n) is 19.5. The van der Waals surface area contributed by atoms with Crippen LogP contribution in [0.4, 0.5) is 0 Å². The maximum absolute atomic E-state index is 11.7. The predicted molar refractivity (Wildman–Crippen MR) is 118 cm³/mol. The zero-order valence-corrected chi connectivity index (χ0v) is 19.5. The van der Waals surface area contributed by atoms with Crippen LogP contribution in [0.5, 0.6) is 0 Å². The van der Waals surface area contributed by atoms with Gasteiger partial charge in [0.05, 0.1) is 12.2 Å². The van der Waals surface area contributed by atoms with Gasteiger partial charge in [-0.15, -0.1) is 0 Å². The number of aliphatic carboxylic acids is 1. The van der Waals surface area contributed by atoms with E-state index in [9.17, 15) is 15.0 Å². The summed E-state index contributed by atoms with van der Waals surface area (Å²) >= 11 is 0. The molecule has 0 saturated heterocycles. The lowest BCUT2D eigenvalue weighted by Crippen LogP contribution is -2.62. The maximum Gasteiger partial charge on any atom is 0.303 e. The molecule has 4 fully saturated rings. The van der Waals surface area contributed by atoms with Crippen LogP contribution >= 0.6 is 0 Å². The van der Waals surface area contributed by atoms with E-state index in [1.54, 1.807) is 0 Å². The molecule has 4 nitrogen and oxygen atoms in total. The molecule has 4 heteroatoms. The normalized spacial score (nSPS) is 51.5. The summed E-state index contributed by atoms with van der Waals surface area (Å²) in [4.78, 5) is 11.1. The van der Waals surface area contributed by atoms with Crippen molar-refractivity contribution >= 4 is 5.97 Å². The fourth-order valence-electron chi connectivity index (χ4n) is 9.48. The molecule has 172 valence electrons. The highest BCUT2D eigenvalue weighted by molar-refractivity contribution is 5.66. The molecule has 0 spiro atoms. The third kappa shape index (κ3) is 3.36. The van der Waals surface area contributed by atoms with Gasteiger partial charge >= 0.3 is 5.97 Å². The number of carboxylic acids is 1. The lowest BCUT2D eigenvalue weighted by molar-refractivity contribution is -0.203. The Labute approximate surface area is 182 Å².